The van der Waals surface area contributed by atoms with E-state index in [9.17, 15) is 4.79 Å². The summed E-state index contributed by atoms with van der Waals surface area (Å²) in [6, 6.07) is 5.25. The standard InChI is InChI=1S/C13H14N6O/c14-7-2-4-11-3-1-5-12(17-11)18-13(20)6-8-19-10-15-9-16-19/h1,3,5,9-10H,6-8,14H2,(H,17,18,20). The third-order valence-corrected chi connectivity index (χ3v) is 2.37. The monoisotopic (exact) mass is 270 g/mol. The summed E-state index contributed by atoms with van der Waals surface area (Å²) >= 11 is 0. The van der Waals surface area contributed by atoms with Gasteiger partial charge in [-0.1, -0.05) is 12.0 Å². The Bertz CT molecular complexity index is 626. The molecule has 0 aliphatic carbocycles. The molecule has 0 saturated carbocycles. The summed E-state index contributed by atoms with van der Waals surface area (Å²) in [6.45, 7) is 0.745. The van der Waals surface area contributed by atoms with Crippen molar-refractivity contribution in [3.8, 4) is 11.8 Å². The molecule has 0 atom stereocenters. The third kappa shape index (κ3) is 4.19. The molecule has 1 amide bonds. The summed E-state index contributed by atoms with van der Waals surface area (Å²) in [5.74, 6) is 5.85. The first-order valence-electron chi connectivity index (χ1n) is 6.06. The molecule has 0 aliphatic rings. The van der Waals surface area contributed by atoms with Gasteiger partial charge in [-0.25, -0.2) is 9.97 Å². The fourth-order valence-electron chi connectivity index (χ4n) is 1.49. The largest absolute Gasteiger partial charge is 0.320 e. The second-order valence-electron chi connectivity index (χ2n) is 3.87. The summed E-state index contributed by atoms with van der Waals surface area (Å²) in [7, 11) is 0. The number of carbonyl (C=O) groups is 1. The number of anilines is 1. The zero-order valence-electron chi connectivity index (χ0n) is 10.8. The van der Waals surface area contributed by atoms with E-state index in [0.29, 0.717) is 24.5 Å². The molecular formula is C13H14N6O. The maximum atomic E-state index is 11.8. The molecule has 0 bridgehead atoms. The van der Waals surface area contributed by atoms with Crippen LogP contribution in [0.3, 0.4) is 0 Å². The summed E-state index contributed by atoms with van der Waals surface area (Å²) < 4.78 is 1.59. The van der Waals surface area contributed by atoms with Gasteiger partial charge in [0.2, 0.25) is 5.91 Å². The highest BCUT2D eigenvalue weighted by atomic mass is 16.1. The molecule has 0 aliphatic heterocycles. The Balaban J connectivity index is 1.90. The van der Waals surface area contributed by atoms with E-state index in [1.807, 2.05) is 0 Å². The molecule has 20 heavy (non-hydrogen) atoms. The summed E-state index contributed by atoms with van der Waals surface area (Å²) in [5, 5.41) is 6.63. The molecule has 2 rings (SSSR count). The van der Waals surface area contributed by atoms with E-state index >= 15 is 0 Å². The summed E-state index contributed by atoms with van der Waals surface area (Å²) in [5.41, 5.74) is 5.87. The fraction of sp³-hybridized carbons (Fsp3) is 0.231. The molecular weight excluding hydrogens is 256 g/mol. The molecule has 2 heterocycles. The van der Waals surface area contributed by atoms with Crippen molar-refractivity contribution in [2.75, 3.05) is 11.9 Å². The van der Waals surface area contributed by atoms with Gasteiger partial charge in [0.05, 0.1) is 13.1 Å². The summed E-state index contributed by atoms with van der Waals surface area (Å²) in [4.78, 5) is 19.8. The Hall–Kier alpha value is -2.72. The summed E-state index contributed by atoms with van der Waals surface area (Å²) in [6.07, 6.45) is 3.29. The van der Waals surface area contributed by atoms with Gasteiger partial charge in [-0.15, -0.1) is 0 Å². The van der Waals surface area contributed by atoms with Crippen molar-refractivity contribution in [2.45, 2.75) is 13.0 Å². The number of hydrogen-bond donors (Lipinski definition) is 2. The predicted molar refractivity (Wildman–Crippen MR) is 73.4 cm³/mol. The highest BCUT2D eigenvalue weighted by Gasteiger charge is 2.04. The molecule has 0 unspecified atom stereocenters. The number of nitrogens with zero attached hydrogens (tertiary/aromatic N) is 4. The van der Waals surface area contributed by atoms with E-state index in [0.717, 1.165) is 0 Å². The number of hydrogen-bond acceptors (Lipinski definition) is 5. The number of amides is 1. The van der Waals surface area contributed by atoms with E-state index in [-0.39, 0.29) is 12.5 Å². The Morgan fingerprint density at radius 1 is 1.45 bits per heavy atom. The number of nitrogens with one attached hydrogen (secondary N) is 1. The predicted octanol–water partition coefficient (Wildman–Crippen LogP) is 0.0121. The number of rotatable bonds is 4. The zero-order valence-corrected chi connectivity index (χ0v) is 10.8. The highest BCUT2D eigenvalue weighted by molar-refractivity contribution is 5.89. The van der Waals surface area contributed by atoms with E-state index in [2.05, 4.69) is 32.2 Å². The molecule has 7 nitrogen and oxygen atoms in total. The third-order valence-electron chi connectivity index (χ3n) is 2.37. The van der Waals surface area contributed by atoms with Gasteiger partial charge in [0, 0.05) is 6.42 Å². The minimum atomic E-state index is -0.142. The first-order valence-corrected chi connectivity index (χ1v) is 6.06. The Morgan fingerprint density at radius 2 is 2.35 bits per heavy atom. The van der Waals surface area contributed by atoms with Crippen LogP contribution in [0.15, 0.2) is 30.9 Å². The normalized spacial score (nSPS) is 9.65. The second-order valence-corrected chi connectivity index (χ2v) is 3.87. The van der Waals surface area contributed by atoms with Gasteiger partial charge in [-0.3, -0.25) is 9.48 Å². The van der Waals surface area contributed by atoms with Crippen LogP contribution >= 0.6 is 0 Å². The van der Waals surface area contributed by atoms with Crippen LogP contribution < -0.4 is 11.1 Å². The number of aromatic nitrogens is 4. The quantitative estimate of drug-likeness (QED) is 0.763. The van der Waals surface area contributed by atoms with Gasteiger partial charge in [0.25, 0.3) is 0 Å². The minimum Gasteiger partial charge on any atom is -0.320 e. The van der Waals surface area contributed by atoms with Gasteiger partial charge in [0.1, 0.15) is 24.2 Å². The maximum absolute atomic E-state index is 11.8. The molecule has 3 N–H and O–H groups in total. The van der Waals surface area contributed by atoms with Crippen molar-refractivity contribution in [1.29, 1.82) is 0 Å². The van der Waals surface area contributed by atoms with E-state index in [1.54, 1.807) is 29.2 Å². The average Bonchev–Trinajstić information content (AvgIpc) is 2.97. The van der Waals surface area contributed by atoms with Crippen LogP contribution in [0.5, 0.6) is 0 Å². The van der Waals surface area contributed by atoms with Crippen LogP contribution in [0, 0.1) is 11.8 Å². The van der Waals surface area contributed by atoms with Crippen LogP contribution in [0.2, 0.25) is 0 Å². The SMILES string of the molecule is NCC#Cc1cccc(NC(=O)CCn2cncn2)n1. The highest BCUT2D eigenvalue weighted by Crippen LogP contribution is 2.04. The first kappa shape index (κ1) is 13.7. The molecule has 0 fully saturated rings. The van der Waals surface area contributed by atoms with Crippen molar-refractivity contribution in [1.82, 2.24) is 19.7 Å². The second kappa shape index (κ2) is 7.01. The van der Waals surface area contributed by atoms with E-state index in [4.69, 9.17) is 5.73 Å². The lowest BCUT2D eigenvalue weighted by Crippen LogP contribution is -2.15. The molecule has 0 aromatic carbocycles. The average molecular weight is 270 g/mol. The van der Waals surface area contributed by atoms with Crippen molar-refractivity contribution in [3.63, 3.8) is 0 Å². The number of pyridine rings is 1. The number of nitrogens with two attached hydrogens (primary N) is 1. The van der Waals surface area contributed by atoms with E-state index in [1.165, 1.54) is 6.33 Å². The lowest BCUT2D eigenvalue weighted by Gasteiger charge is -2.04. The lowest BCUT2D eigenvalue weighted by molar-refractivity contribution is -0.116. The van der Waals surface area contributed by atoms with Gasteiger partial charge < -0.3 is 11.1 Å². The van der Waals surface area contributed by atoms with Gasteiger partial charge in [0.15, 0.2) is 0 Å². The van der Waals surface area contributed by atoms with Gasteiger partial charge >= 0.3 is 0 Å². The molecule has 7 heteroatoms. The molecule has 0 saturated heterocycles. The Kier molecular flexibility index (Phi) is 4.81. The Morgan fingerprint density at radius 3 is 3.10 bits per heavy atom. The van der Waals surface area contributed by atoms with Crippen molar-refractivity contribution < 1.29 is 4.79 Å². The topological polar surface area (TPSA) is 98.7 Å². The number of aryl methyl sites for hydroxylation is 1. The fourth-order valence-corrected chi connectivity index (χ4v) is 1.49. The van der Waals surface area contributed by atoms with Crippen LogP contribution in [0.4, 0.5) is 5.82 Å². The maximum Gasteiger partial charge on any atom is 0.227 e. The Labute approximate surface area is 116 Å². The lowest BCUT2D eigenvalue weighted by atomic mass is 10.3. The molecule has 2 aromatic heterocycles. The van der Waals surface area contributed by atoms with Crippen LogP contribution in [-0.4, -0.2) is 32.2 Å². The molecule has 102 valence electrons. The van der Waals surface area contributed by atoms with Crippen LogP contribution in [0.25, 0.3) is 0 Å². The van der Waals surface area contributed by atoms with Crippen molar-refractivity contribution in [2.24, 2.45) is 5.73 Å². The molecule has 2 aromatic rings. The van der Waals surface area contributed by atoms with Gasteiger partial charge in [-0.05, 0) is 18.1 Å². The number of carbonyl (C=O) groups excluding carboxylic acids is 1. The van der Waals surface area contributed by atoms with Crippen LogP contribution in [0.1, 0.15) is 12.1 Å². The minimum absolute atomic E-state index is 0.142. The van der Waals surface area contributed by atoms with Crippen molar-refractivity contribution >= 4 is 11.7 Å². The van der Waals surface area contributed by atoms with Gasteiger partial charge in [-0.2, -0.15) is 5.10 Å². The molecule has 0 radical (unpaired) electrons. The van der Waals surface area contributed by atoms with Crippen LogP contribution in [-0.2, 0) is 11.3 Å². The van der Waals surface area contributed by atoms with Crippen molar-refractivity contribution in [3.05, 3.63) is 36.5 Å². The first-order chi connectivity index (χ1) is 9.78. The smallest absolute Gasteiger partial charge is 0.227 e. The van der Waals surface area contributed by atoms with E-state index < -0.39 is 0 Å². The molecule has 0 spiro atoms. The zero-order chi connectivity index (χ0) is 14.2.